The molecule has 0 bridgehead atoms. The number of aryl methyl sites for hydroxylation is 1. The highest BCUT2D eigenvalue weighted by molar-refractivity contribution is 7.14. The van der Waals surface area contributed by atoms with E-state index in [2.05, 4.69) is 41.7 Å². The van der Waals surface area contributed by atoms with Crippen LogP contribution in [0.25, 0.3) is 11.3 Å². The zero-order chi connectivity index (χ0) is 17.1. The van der Waals surface area contributed by atoms with Crippen LogP contribution in [0.4, 0.5) is 5.13 Å². The van der Waals surface area contributed by atoms with Gasteiger partial charge in [0.15, 0.2) is 5.13 Å². The van der Waals surface area contributed by atoms with Gasteiger partial charge in [-0.1, -0.05) is 6.92 Å². The van der Waals surface area contributed by atoms with Crippen molar-refractivity contribution in [3.05, 3.63) is 45.2 Å². The Bertz CT molecular complexity index is 831. The van der Waals surface area contributed by atoms with E-state index in [9.17, 15) is 4.79 Å². The molecule has 3 aromatic rings. The van der Waals surface area contributed by atoms with Crippen molar-refractivity contribution in [1.29, 1.82) is 0 Å². The molecule has 0 saturated carbocycles. The number of amides is 1. The van der Waals surface area contributed by atoms with Crippen LogP contribution in [0.1, 0.15) is 30.3 Å². The summed E-state index contributed by atoms with van der Waals surface area (Å²) in [5.41, 5.74) is 5.60. The molecular formula is C18H21N3OS2. The summed E-state index contributed by atoms with van der Waals surface area (Å²) in [6.07, 6.45) is 1.50. The number of nitrogens with one attached hydrogen (secondary N) is 1. The molecule has 0 fully saturated rings. The summed E-state index contributed by atoms with van der Waals surface area (Å²) in [5, 5.41) is 9.55. The average Bonchev–Trinajstić information content (AvgIpc) is 3.25. The Labute approximate surface area is 150 Å². The number of anilines is 1. The highest BCUT2D eigenvalue weighted by Gasteiger charge is 2.14. The van der Waals surface area contributed by atoms with Gasteiger partial charge in [-0.3, -0.25) is 4.79 Å². The van der Waals surface area contributed by atoms with Crippen molar-refractivity contribution in [3.63, 3.8) is 0 Å². The van der Waals surface area contributed by atoms with E-state index < -0.39 is 0 Å². The van der Waals surface area contributed by atoms with Crippen LogP contribution >= 0.6 is 22.7 Å². The van der Waals surface area contributed by atoms with Gasteiger partial charge in [-0.25, -0.2) is 4.98 Å². The van der Waals surface area contributed by atoms with Gasteiger partial charge in [0.05, 0.1) is 12.1 Å². The third kappa shape index (κ3) is 3.60. The van der Waals surface area contributed by atoms with E-state index in [0.717, 1.165) is 29.8 Å². The number of carbonyl (C=O) groups excluding carboxylic acids is 1. The first-order chi connectivity index (χ1) is 11.6. The van der Waals surface area contributed by atoms with Crippen molar-refractivity contribution < 1.29 is 4.79 Å². The molecule has 0 aromatic carbocycles. The minimum atomic E-state index is -0.0224. The van der Waals surface area contributed by atoms with Gasteiger partial charge in [0.25, 0.3) is 0 Å². The lowest BCUT2D eigenvalue weighted by atomic mass is 10.2. The van der Waals surface area contributed by atoms with Gasteiger partial charge in [0, 0.05) is 28.9 Å². The maximum Gasteiger partial charge on any atom is 0.230 e. The Morgan fingerprint density at radius 1 is 1.33 bits per heavy atom. The second-order valence-electron chi connectivity index (χ2n) is 5.83. The smallest absolute Gasteiger partial charge is 0.230 e. The van der Waals surface area contributed by atoms with E-state index in [1.54, 1.807) is 11.3 Å². The van der Waals surface area contributed by atoms with Gasteiger partial charge in [-0.2, -0.15) is 11.3 Å². The molecule has 0 aliphatic rings. The van der Waals surface area contributed by atoms with E-state index >= 15 is 0 Å². The molecule has 4 nitrogen and oxygen atoms in total. The fourth-order valence-corrected chi connectivity index (χ4v) is 4.22. The quantitative estimate of drug-likeness (QED) is 0.682. The molecule has 0 aliphatic carbocycles. The number of aromatic nitrogens is 2. The third-order valence-electron chi connectivity index (χ3n) is 3.99. The zero-order valence-corrected chi connectivity index (χ0v) is 15.8. The number of nitrogens with zero attached hydrogens (tertiary/aromatic N) is 2. The predicted molar refractivity (Wildman–Crippen MR) is 102 cm³/mol. The summed E-state index contributed by atoms with van der Waals surface area (Å²) >= 11 is 3.08. The summed E-state index contributed by atoms with van der Waals surface area (Å²) in [4.78, 5) is 16.7. The molecule has 0 radical (unpaired) electrons. The number of hydrogen-bond acceptors (Lipinski definition) is 4. The van der Waals surface area contributed by atoms with Gasteiger partial charge in [-0.05, 0) is 48.7 Å². The molecule has 0 unspecified atom stereocenters. The van der Waals surface area contributed by atoms with Crippen molar-refractivity contribution in [2.24, 2.45) is 0 Å². The van der Waals surface area contributed by atoms with Crippen LogP contribution in [0.3, 0.4) is 0 Å². The molecule has 3 rings (SSSR count). The minimum Gasteiger partial charge on any atom is -0.348 e. The van der Waals surface area contributed by atoms with Gasteiger partial charge in [0.1, 0.15) is 0 Å². The number of thiophene rings is 1. The first-order valence-corrected chi connectivity index (χ1v) is 9.84. The van der Waals surface area contributed by atoms with E-state index in [-0.39, 0.29) is 5.91 Å². The molecule has 0 aliphatic heterocycles. The van der Waals surface area contributed by atoms with Crippen molar-refractivity contribution in [2.75, 3.05) is 5.32 Å². The molecule has 1 N–H and O–H groups in total. The van der Waals surface area contributed by atoms with Gasteiger partial charge in [-0.15, -0.1) is 11.3 Å². The maximum absolute atomic E-state index is 12.1. The lowest BCUT2D eigenvalue weighted by molar-refractivity contribution is -0.115. The topological polar surface area (TPSA) is 46.9 Å². The number of rotatable bonds is 6. The van der Waals surface area contributed by atoms with Crippen LogP contribution in [0.5, 0.6) is 0 Å². The van der Waals surface area contributed by atoms with Crippen LogP contribution in [0, 0.1) is 13.8 Å². The zero-order valence-electron chi connectivity index (χ0n) is 14.1. The summed E-state index contributed by atoms with van der Waals surface area (Å²) in [6.45, 7) is 7.46. The Balaban J connectivity index is 1.74. The van der Waals surface area contributed by atoms with Crippen molar-refractivity contribution in [3.8, 4) is 11.3 Å². The van der Waals surface area contributed by atoms with E-state index in [0.29, 0.717) is 11.6 Å². The summed E-state index contributed by atoms with van der Waals surface area (Å²) in [7, 11) is 0. The van der Waals surface area contributed by atoms with Crippen molar-refractivity contribution in [2.45, 2.75) is 40.2 Å². The summed E-state index contributed by atoms with van der Waals surface area (Å²) in [5.74, 6) is -0.0224. The molecule has 6 heteroatoms. The molecular weight excluding hydrogens is 338 g/mol. The maximum atomic E-state index is 12.1. The Morgan fingerprint density at radius 2 is 2.17 bits per heavy atom. The molecule has 0 atom stereocenters. The second-order valence-corrected chi connectivity index (χ2v) is 7.47. The Hall–Kier alpha value is -1.92. The van der Waals surface area contributed by atoms with Crippen LogP contribution in [-0.2, 0) is 17.8 Å². The first kappa shape index (κ1) is 16.9. The van der Waals surface area contributed by atoms with Gasteiger partial charge < -0.3 is 9.88 Å². The third-order valence-corrected chi connectivity index (χ3v) is 5.48. The van der Waals surface area contributed by atoms with Crippen LogP contribution in [0.2, 0.25) is 0 Å². The summed E-state index contributed by atoms with van der Waals surface area (Å²) in [6, 6.07) is 4.15. The number of thiazole rings is 1. The van der Waals surface area contributed by atoms with Crippen molar-refractivity contribution >= 4 is 33.7 Å². The van der Waals surface area contributed by atoms with E-state index in [4.69, 9.17) is 0 Å². The minimum absolute atomic E-state index is 0.0224. The van der Waals surface area contributed by atoms with Gasteiger partial charge in [0.2, 0.25) is 5.91 Å². The monoisotopic (exact) mass is 359 g/mol. The normalized spacial score (nSPS) is 11.0. The molecule has 24 heavy (non-hydrogen) atoms. The Morgan fingerprint density at radius 3 is 2.88 bits per heavy atom. The van der Waals surface area contributed by atoms with Crippen molar-refractivity contribution in [1.82, 2.24) is 9.55 Å². The fourth-order valence-electron chi connectivity index (χ4n) is 2.83. The molecule has 0 saturated heterocycles. The highest BCUT2D eigenvalue weighted by Crippen LogP contribution is 2.30. The lowest BCUT2D eigenvalue weighted by Crippen LogP contribution is -2.13. The summed E-state index contributed by atoms with van der Waals surface area (Å²) < 4.78 is 2.32. The number of hydrogen-bond donors (Lipinski definition) is 1. The first-order valence-electron chi connectivity index (χ1n) is 8.02. The van der Waals surface area contributed by atoms with Crippen LogP contribution in [0.15, 0.2) is 28.3 Å². The standard InChI is InChI=1S/C18H21N3OS2/c1-4-6-21-12(2)8-15(13(21)3)16-11-24-18(19-16)20-17(22)9-14-5-7-23-10-14/h5,7-8,10-11H,4,6,9H2,1-3H3,(H,19,20,22). The SMILES string of the molecule is CCCn1c(C)cc(-c2csc(NC(=O)Cc3ccsc3)n2)c1C. The van der Waals surface area contributed by atoms with Crippen LogP contribution < -0.4 is 5.32 Å². The van der Waals surface area contributed by atoms with E-state index in [1.165, 1.54) is 22.7 Å². The predicted octanol–water partition coefficient (Wildman–Crippen LogP) is 4.88. The lowest BCUT2D eigenvalue weighted by Gasteiger charge is -2.07. The highest BCUT2D eigenvalue weighted by atomic mass is 32.1. The second kappa shape index (κ2) is 7.32. The molecule has 3 aromatic heterocycles. The van der Waals surface area contributed by atoms with E-state index in [1.807, 2.05) is 22.2 Å². The molecule has 3 heterocycles. The fraction of sp³-hybridized carbons (Fsp3) is 0.333. The van der Waals surface area contributed by atoms with Gasteiger partial charge >= 0.3 is 0 Å². The van der Waals surface area contributed by atoms with Crippen LogP contribution in [-0.4, -0.2) is 15.5 Å². The molecule has 0 spiro atoms. The molecule has 1 amide bonds. The molecule has 126 valence electrons. The largest absolute Gasteiger partial charge is 0.348 e. The number of carbonyl (C=O) groups is 1. The average molecular weight is 360 g/mol. The Kier molecular flexibility index (Phi) is 5.16.